The average molecular weight is 965 g/mol. The standard InChI is InChI=1S/C53H88O15/c1-17-44(55)65-49(36(10)26-38(12)52(60)62-16)39(13)51(63-40(14)54)42(64-46(57)21-30(2)3)27-37(11)50(66-47(58)22-31(4)5)43-24-34(8)29-53(68-43)28-33(7)23-41(67-53)48(59)35(9)20-18-19-32(6)25-45(56)61-15/h20,26,30-34,36-37,39,41-43,48-51,59H,17-19,21-25,27-29H2,1-16H3/b35-20+,38-26+/t32-,33-,34+,36-,37+,39+,41-,42+,43+,48+,49-,50+,51+,53+/m1/s1. The Morgan fingerprint density at radius 2 is 1.26 bits per heavy atom. The van der Waals surface area contributed by atoms with Crippen LogP contribution in [0, 0.1) is 47.3 Å². The quantitative estimate of drug-likeness (QED) is 0.0372. The zero-order chi connectivity index (χ0) is 51.6. The van der Waals surface area contributed by atoms with Crippen LogP contribution in [0.2, 0.25) is 0 Å². The van der Waals surface area contributed by atoms with E-state index in [1.165, 1.54) is 21.1 Å². The number of carbonyl (C=O) groups excluding carboxylic acids is 6. The summed E-state index contributed by atoms with van der Waals surface area (Å²) in [4.78, 5) is 77.6. The number of ether oxygens (including phenoxy) is 8. The van der Waals surface area contributed by atoms with E-state index in [9.17, 15) is 33.9 Å². The lowest BCUT2D eigenvalue weighted by atomic mass is 9.78. The predicted octanol–water partition coefficient (Wildman–Crippen LogP) is 9.19. The summed E-state index contributed by atoms with van der Waals surface area (Å²) >= 11 is 0. The Balaban J connectivity index is 2.66. The number of allylic oxidation sites excluding steroid dienone is 1. The Hall–Kier alpha value is -3.82. The highest BCUT2D eigenvalue weighted by atomic mass is 16.7. The molecule has 15 heteroatoms. The molecule has 2 aliphatic heterocycles. The van der Waals surface area contributed by atoms with Crippen LogP contribution in [0.1, 0.15) is 168 Å². The van der Waals surface area contributed by atoms with Gasteiger partial charge in [0.05, 0.1) is 26.4 Å². The summed E-state index contributed by atoms with van der Waals surface area (Å²) < 4.78 is 48.5. The van der Waals surface area contributed by atoms with Gasteiger partial charge in [0.1, 0.15) is 30.5 Å². The normalized spacial score (nSPS) is 25.2. The molecule has 0 aromatic rings. The Morgan fingerprint density at radius 1 is 0.706 bits per heavy atom. The van der Waals surface area contributed by atoms with Gasteiger partial charge in [0.15, 0.2) is 5.79 Å². The minimum Gasteiger partial charge on any atom is -0.469 e. The van der Waals surface area contributed by atoms with Crippen molar-refractivity contribution >= 4 is 35.8 Å². The molecule has 1 spiro atoms. The Bertz CT molecular complexity index is 1700. The fourth-order valence-corrected chi connectivity index (χ4v) is 9.79. The molecule has 0 saturated carbocycles. The van der Waals surface area contributed by atoms with Crippen LogP contribution in [0.3, 0.4) is 0 Å². The molecule has 68 heavy (non-hydrogen) atoms. The second kappa shape index (κ2) is 28.7. The highest BCUT2D eigenvalue weighted by molar-refractivity contribution is 5.87. The first-order valence-corrected chi connectivity index (χ1v) is 25.0. The summed E-state index contributed by atoms with van der Waals surface area (Å²) in [6, 6.07) is 0. The van der Waals surface area contributed by atoms with Gasteiger partial charge in [-0.25, -0.2) is 4.79 Å². The van der Waals surface area contributed by atoms with Crippen molar-refractivity contribution in [2.45, 2.75) is 216 Å². The number of methoxy groups -OCH3 is 2. The monoisotopic (exact) mass is 965 g/mol. The molecule has 1 N–H and O–H groups in total. The molecule has 0 amide bonds. The second-order valence-electron chi connectivity index (χ2n) is 21.0. The number of hydrogen-bond donors (Lipinski definition) is 1. The minimum atomic E-state index is -1.16. The lowest BCUT2D eigenvalue weighted by Gasteiger charge is -2.52. The number of rotatable bonds is 26. The molecule has 2 fully saturated rings. The summed E-state index contributed by atoms with van der Waals surface area (Å²) in [5.74, 6) is -5.76. The van der Waals surface area contributed by atoms with Gasteiger partial charge in [-0.15, -0.1) is 0 Å². The van der Waals surface area contributed by atoms with Crippen LogP contribution in [0.5, 0.6) is 0 Å². The van der Waals surface area contributed by atoms with E-state index in [2.05, 4.69) is 13.8 Å². The SMILES string of the molecule is CCC(=O)O[C@@H]([C@H](C)[C@H](OC(C)=O)[C@H](C[C@H](C)[C@H](OC(=O)CC(C)C)[C@@H]1C[C@H](C)C[C@]2(C[C@H](C)C[C@H]([C@@H](O)/C(C)=C/CC[C@@H](C)CC(=O)OC)O2)O1)OC(=O)CC(C)C)[C@H](C)/C=C(\C)C(=O)OC. The van der Waals surface area contributed by atoms with Crippen molar-refractivity contribution in [2.75, 3.05) is 14.2 Å². The molecule has 390 valence electrons. The van der Waals surface area contributed by atoms with Gasteiger partial charge in [0.25, 0.3) is 0 Å². The van der Waals surface area contributed by atoms with Crippen molar-refractivity contribution in [2.24, 2.45) is 47.3 Å². The molecule has 2 aliphatic rings. The Labute approximate surface area is 407 Å². The summed E-state index contributed by atoms with van der Waals surface area (Å²) in [5.41, 5.74) is 1.06. The smallest absolute Gasteiger partial charge is 0.333 e. The van der Waals surface area contributed by atoms with Crippen LogP contribution in [0.4, 0.5) is 0 Å². The first-order valence-electron chi connectivity index (χ1n) is 25.0. The summed E-state index contributed by atoms with van der Waals surface area (Å²) in [7, 11) is 2.65. The Kier molecular flexibility index (Phi) is 25.5. The highest BCUT2D eigenvalue weighted by Gasteiger charge is 2.52. The highest BCUT2D eigenvalue weighted by Crippen LogP contribution is 2.46. The van der Waals surface area contributed by atoms with Crippen LogP contribution in [-0.2, 0) is 66.7 Å². The van der Waals surface area contributed by atoms with Gasteiger partial charge >= 0.3 is 35.8 Å². The predicted molar refractivity (Wildman–Crippen MR) is 256 cm³/mol. The molecule has 0 radical (unpaired) electrons. The van der Waals surface area contributed by atoms with Crippen LogP contribution in [0.25, 0.3) is 0 Å². The van der Waals surface area contributed by atoms with Gasteiger partial charge in [0.2, 0.25) is 0 Å². The van der Waals surface area contributed by atoms with E-state index in [1.807, 2.05) is 54.5 Å². The zero-order valence-corrected chi connectivity index (χ0v) is 44.3. The number of aliphatic hydroxyl groups is 1. The molecular weight excluding hydrogens is 877 g/mol. The lowest BCUT2D eigenvalue weighted by Crippen LogP contribution is -2.57. The lowest BCUT2D eigenvalue weighted by molar-refractivity contribution is -0.347. The molecule has 0 unspecified atom stereocenters. The van der Waals surface area contributed by atoms with Gasteiger partial charge in [-0.1, -0.05) is 88.3 Å². The molecule has 0 bridgehead atoms. The van der Waals surface area contributed by atoms with E-state index in [0.29, 0.717) is 38.5 Å². The van der Waals surface area contributed by atoms with Gasteiger partial charge in [0, 0.05) is 62.9 Å². The third kappa shape index (κ3) is 19.9. The maximum Gasteiger partial charge on any atom is 0.333 e. The number of carbonyl (C=O) groups is 6. The van der Waals surface area contributed by atoms with E-state index >= 15 is 0 Å². The first kappa shape index (κ1) is 60.3. The summed E-state index contributed by atoms with van der Waals surface area (Å²) in [5, 5.41) is 11.7. The molecule has 2 rings (SSSR count). The van der Waals surface area contributed by atoms with Crippen molar-refractivity contribution in [3.8, 4) is 0 Å². The fraction of sp³-hybridized carbons (Fsp3) is 0.811. The third-order valence-corrected chi connectivity index (χ3v) is 13.0. The van der Waals surface area contributed by atoms with Crippen LogP contribution in [0.15, 0.2) is 23.3 Å². The van der Waals surface area contributed by atoms with E-state index < -0.39 is 96.1 Å². The average Bonchev–Trinajstić information content (AvgIpc) is 3.23. The maximum absolute atomic E-state index is 13.7. The van der Waals surface area contributed by atoms with Crippen molar-refractivity contribution in [3.05, 3.63) is 23.3 Å². The summed E-state index contributed by atoms with van der Waals surface area (Å²) in [6.07, 6.45) is 1.66. The van der Waals surface area contributed by atoms with Crippen molar-refractivity contribution in [3.63, 3.8) is 0 Å². The van der Waals surface area contributed by atoms with Crippen LogP contribution >= 0.6 is 0 Å². The second-order valence-corrected chi connectivity index (χ2v) is 21.0. The topological polar surface area (TPSA) is 196 Å². The minimum absolute atomic E-state index is 0.00585. The number of aliphatic hydroxyl groups excluding tert-OH is 1. The first-order chi connectivity index (χ1) is 31.7. The van der Waals surface area contributed by atoms with E-state index in [0.717, 1.165) is 12.0 Å². The van der Waals surface area contributed by atoms with Gasteiger partial charge < -0.3 is 43.0 Å². The van der Waals surface area contributed by atoms with E-state index in [-0.39, 0.29) is 66.8 Å². The largest absolute Gasteiger partial charge is 0.469 e. The number of esters is 6. The molecule has 2 saturated heterocycles. The van der Waals surface area contributed by atoms with Crippen molar-refractivity contribution in [1.82, 2.24) is 0 Å². The molecule has 14 atom stereocenters. The molecular formula is C53H88O15. The molecule has 0 aromatic heterocycles. The molecule has 2 heterocycles. The van der Waals surface area contributed by atoms with Gasteiger partial charge in [-0.3, -0.25) is 24.0 Å². The molecule has 0 aromatic carbocycles. The van der Waals surface area contributed by atoms with Crippen molar-refractivity contribution < 1.29 is 71.8 Å². The Morgan fingerprint density at radius 3 is 1.79 bits per heavy atom. The van der Waals surface area contributed by atoms with Gasteiger partial charge in [-0.2, -0.15) is 0 Å². The summed E-state index contributed by atoms with van der Waals surface area (Å²) in [6.45, 7) is 25.6. The van der Waals surface area contributed by atoms with Crippen molar-refractivity contribution in [1.29, 1.82) is 0 Å². The zero-order valence-electron chi connectivity index (χ0n) is 44.3. The molecule has 15 nitrogen and oxygen atoms in total. The number of hydrogen-bond acceptors (Lipinski definition) is 15. The van der Waals surface area contributed by atoms with Crippen LogP contribution in [-0.4, -0.2) is 104 Å². The van der Waals surface area contributed by atoms with E-state index in [1.54, 1.807) is 33.8 Å². The fourth-order valence-electron chi connectivity index (χ4n) is 9.79. The van der Waals surface area contributed by atoms with Gasteiger partial charge in [-0.05, 0) is 87.0 Å². The maximum atomic E-state index is 13.7. The third-order valence-electron chi connectivity index (χ3n) is 13.0. The van der Waals surface area contributed by atoms with Crippen LogP contribution < -0.4 is 0 Å². The molecule has 0 aliphatic carbocycles. The van der Waals surface area contributed by atoms with E-state index in [4.69, 9.17) is 37.9 Å².